The van der Waals surface area contributed by atoms with E-state index in [1.165, 1.54) is 0 Å². The predicted molar refractivity (Wildman–Crippen MR) is 87.2 cm³/mol. The monoisotopic (exact) mass is 296 g/mol. The molecule has 1 rings (SSSR count). The molecular weight excluding hydrogens is 264 g/mol. The minimum atomic E-state index is 0.643. The van der Waals surface area contributed by atoms with Crippen LogP contribution < -0.4 is 5.32 Å². The zero-order valence-corrected chi connectivity index (χ0v) is 14.3. The van der Waals surface area contributed by atoms with Crippen molar-refractivity contribution in [1.29, 1.82) is 0 Å². The van der Waals surface area contributed by atoms with Gasteiger partial charge in [-0.05, 0) is 30.5 Å². The molecule has 1 aromatic heterocycles. The van der Waals surface area contributed by atoms with Gasteiger partial charge in [0.05, 0.1) is 19.7 Å². The molecule has 0 saturated heterocycles. The van der Waals surface area contributed by atoms with Crippen molar-refractivity contribution in [3.63, 3.8) is 0 Å². The molecule has 0 aliphatic carbocycles. The molecule has 4 heteroatoms. The summed E-state index contributed by atoms with van der Waals surface area (Å²) in [6.45, 7) is 14.3. The lowest BCUT2D eigenvalue weighted by atomic mass is 10.2. The number of ether oxygens (including phenoxy) is 1. The first-order valence-electron chi connectivity index (χ1n) is 8.00. The highest BCUT2D eigenvalue weighted by Crippen LogP contribution is 2.12. The van der Waals surface area contributed by atoms with E-state index in [-0.39, 0.29) is 0 Å². The van der Waals surface area contributed by atoms with Crippen LogP contribution in [-0.2, 0) is 17.8 Å². The summed E-state index contributed by atoms with van der Waals surface area (Å²) in [6.07, 6.45) is 0. The first-order chi connectivity index (χ1) is 10.0. The Balaban J connectivity index is 2.45. The highest BCUT2D eigenvalue weighted by atomic mass is 16.5. The Morgan fingerprint density at radius 1 is 1.14 bits per heavy atom. The Hall–Kier alpha value is -0.840. The molecule has 0 atom stereocenters. The van der Waals surface area contributed by atoms with E-state index in [4.69, 9.17) is 9.15 Å². The van der Waals surface area contributed by atoms with Crippen molar-refractivity contribution in [2.45, 2.75) is 40.8 Å². The van der Waals surface area contributed by atoms with Crippen molar-refractivity contribution in [2.24, 2.45) is 11.8 Å². The maximum Gasteiger partial charge on any atom is 0.118 e. The molecule has 122 valence electrons. The number of hydrogen-bond donors (Lipinski definition) is 1. The quantitative estimate of drug-likeness (QED) is 0.681. The summed E-state index contributed by atoms with van der Waals surface area (Å²) >= 11 is 0. The van der Waals surface area contributed by atoms with E-state index in [1.807, 2.05) is 0 Å². The fourth-order valence-electron chi connectivity index (χ4n) is 2.28. The van der Waals surface area contributed by atoms with Gasteiger partial charge in [0.1, 0.15) is 11.5 Å². The minimum absolute atomic E-state index is 0.643. The third kappa shape index (κ3) is 8.24. The Kier molecular flexibility index (Phi) is 8.66. The number of methoxy groups -OCH3 is 1. The Labute approximate surface area is 129 Å². The van der Waals surface area contributed by atoms with Crippen LogP contribution in [0.1, 0.15) is 39.2 Å². The zero-order chi connectivity index (χ0) is 15.7. The molecule has 0 aliphatic heterocycles. The van der Waals surface area contributed by atoms with E-state index >= 15 is 0 Å². The van der Waals surface area contributed by atoms with Gasteiger partial charge in [-0.1, -0.05) is 27.7 Å². The molecule has 1 aromatic rings. The topological polar surface area (TPSA) is 37.6 Å². The largest absolute Gasteiger partial charge is 0.463 e. The van der Waals surface area contributed by atoms with Crippen molar-refractivity contribution in [2.75, 3.05) is 33.4 Å². The lowest BCUT2D eigenvalue weighted by Crippen LogP contribution is -2.30. The molecule has 1 N–H and O–H groups in total. The second-order valence-electron chi connectivity index (χ2n) is 6.51. The van der Waals surface area contributed by atoms with Crippen LogP contribution in [0.2, 0.25) is 0 Å². The van der Waals surface area contributed by atoms with Gasteiger partial charge in [-0.3, -0.25) is 4.90 Å². The number of nitrogens with one attached hydrogen (secondary N) is 1. The summed E-state index contributed by atoms with van der Waals surface area (Å²) in [6, 6.07) is 4.17. The van der Waals surface area contributed by atoms with Crippen LogP contribution in [0.3, 0.4) is 0 Å². The molecule has 1 heterocycles. The van der Waals surface area contributed by atoms with Gasteiger partial charge in [-0.2, -0.15) is 0 Å². The zero-order valence-electron chi connectivity index (χ0n) is 14.3. The smallest absolute Gasteiger partial charge is 0.118 e. The van der Waals surface area contributed by atoms with Crippen LogP contribution in [0, 0.1) is 11.8 Å². The number of furan rings is 1. The van der Waals surface area contributed by atoms with Crippen LogP contribution in [0.15, 0.2) is 16.5 Å². The summed E-state index contributed by atoms with van der Waals surface area (Å²) < 4.78 is 11.1. The number of rotatable bonds is 11. The fraction of sp³-hybridized carbons (Fsp3) is 0.765. The second-order valence-corrected chi connectivity index (χ2v) is 6.51. The molecule has 0 bridgehead atoms. The molecule has 0 spiro atoms. The minimum Gasteiger partial charge on any atom is -0.463 e. The normalized spacial score (nSPS) is 12.0. The van der Waals surface area contributed by atoms with Crippen molar-refractivity contribution < 1.29 is 9.15 Å². The predicted octanol–water partition coefficient (Wildman–Crippen LogP) is 3.13. The molecule has 0 saturated carbocycles. The Morgan fingerprint density at radius 2 is 1.86 bits per heavy atom. The number of nitrogens with zero attached hydrogens (tertiary/aromatic N) is 1. The van der Waals surface area contributed by atoms with Gasteiger partial charge in [0.25, 0.3) is 0 Å². The van der Waals surface area contributed by atoms with Gasteiger partial charge in [-0.15, -0.1) is 0 Å². The standard InChI is InChI=1S/C17H32N2O2/c1-14(2)10-18-11-16-6-7-17(21-16)13-19(8-9-20-5)12-15(3)4/h6-7,14-15,18H,8-13H2,1-5H3. The maximum absolute atomic E-state index is 5.91. The summed E-state index contributed by atoms with van der Waals surface area (Å²) in [4.78, 5) is 2.39. The molecule has 0 radical (unpaired) electrons. The molecule has 0 aliphatic rings. The molecule has 0 unspecified atom stereocenters. The highest BCUT2D eigenvalue weighted by Gasteiger charge is 2.11. The number of hydrogen-bond acceptors (Lipinski definition) is 4. The van der Waals surface area contributed by atoms with Crippen molar-refractivity contribution in [3.05, 3.63) is 23.7 Å². The van der Waals surface area contributed by atoms with Crippen LogP contribution in [0.5, 0.6) is 0 Å². The first kappa shape index (κ1) is 18.2. The summed E-state index contributed by atoms with van der Waals surface area (Å²) in [5, 5.41) is 3.41. The van der Waals surface area contributed by atoms with E-state index in [0.717, 1.165) is 50.9 Å². The van der Waals surface area contributed by atoms with Crippen molar-refractivity contribution in [1.82, 2.24) is 10.2 Å². The van der Waals surface area contributed by atoms with Crippen LogP contribution in [0.25, 0.3) is 0 Å². The van der Waals surface area contributed by atoms with Crippen molar-refractivity contribution in [3.8, 4) is 0 Å². The SMILES string of the molecule is COCCN(Cc1ccc(CNCC(C)C)o1)CC(C)C. The van der Waals surface area contributed by atoms with Gasteiger partial charge < -0.3 is 14.5 Å². The second kappa shape index (κ2) is 9.98. The van der Waals surface area contributed by atoms with E-state index in [0.29, 0.717) is 11.8 Å². The molecule has 4 nitrogen and oxygen atoms in total. The highest BCUT2D eigenvalue weighted by molar-refractivity contribution is 5.07. The van der Waals surface area contributed by atoms with Crippen molar-refractivity contribution >= 4 is 0 Å². The lowest BCUT2D eigenvalue weighted by Gasteiger charge is -2.22. The molecule has 0 aromatic carbocycles. The summed E-state index contributed by atoms with van der Waals surface area (Å²) in [7, 11) is 1.75. The summed E-state index contributed by atoms with van der Waals surface area (Å²) in [5.41, 5.74) is 0. The van der Waals surface area contributed by atoms with Crippen LogP contribution in [-0.4, -0.2) is 38.3 Å². The third-order valence-electron chi connectivity index (χ3n) is 3.18. The molecule has 0 fully saturated rings. The first-order valence-corrected chi connectivity index (χ1v) is 8.00. The van der Waals surface area contributed by atoms with Gasteiger partial charge >= 0.3 is 0 Å². The Morgan fingerprint density at radius 3 is 2.48 bits per heavy atom. The lowest BCUT2D eigenvalue weighted by molar-refractivity contribution is 0.130. The van der Waals surface area contributed by atoms with Crippen LogP contribution in [0.4, 0.5) is 0 Å². The fourth-order valence-corrected chi connectivity index (χ4v) is 2.28. The van der Waals surface area contributed by atoms with E-state index in [2.05, 4.69) is 50.0 Å². The maximum atomic E-state index is 5.91. The van der Waals surface area contributed by atoms with E-state index in [9.17, 15) is 0 Å². The third-order valence-corrected chi connectivity index (χ3v) is 3.18. The van der Waals surface area contributed by atoms with E-state index < -0.39 is 0 Å². The van der Waals surface area contributed by atoms with Gasteiger partial charge in [-0.25, -0.2) is 0 Å². The van der Waals surface area contributed by atoms with Gasteiger partial charge in [0, 0.05) is 20.2 Å². The molecule has 0 amide bonds. The van der Waals surface area contributed by atoms with Gasteiger partial charge in [0.15, 0.2) is 0 Å². The van der Waals surface area contributed by atoms with E-state index in [1.54, 1.807) is 7.11 Å². The molecule has 21 heavy (non-hydrogen) atoms. The average molecular weight is 296 g/mol. The molecular formula is C17H32N2O2. The van der Waals surface area contributed by atoms with Gasteiger partial charge in [0.2, 0.25) is 0 Å². The average Bonchev–Trinajstić information content (AvgIpc) is 2.82. The van der Waals surface area contributed by atoms with Crippen LogP contribution >= 0.6 is 0 Å². The Bertz CT molecular complexity index is 375. The summed E-state index contributed by atoms with van der Waals surface area (Å²) in [5.74, 6) is 3.36.